The summed E-state index contributed by atoms with van der Waals surface area (Å²) in [5, 5.41) is 27.9. The summed E-state index contributed by atoms with van der Waals surface area (Å²) in [5.74, 6) is -0.996. The van der Waals surface area contributed by atoms with Gasteiger partial charge in [0.1, 0.15) is 5.75 Å². The number of ether oxygens (including phenoxy) is 1. The molecule has 96 valence electrons. The topological polar surface area (TPSA) is 92.8 Å². The fraction of sp³-hybridized carbons (Fsp3) is 0.400. The minimum atomic E-state index is -0.814. The third-order valence-corrected chi connectivity index (χ3v) is 1.95. The molecule has 1 aromatic carbocycles. The molecule has 6 nitrogen and oxygen atoms in total. The maximum atomic E-state index is 10.2. The van der Waals surface area contributed by atoms with Crippen LogP contribution in [0, 0.1) is 10.1 Å². The van der Waals surface area contributed by atoms with Crippen LogP contribution in [-0.2, 0) is 4.74 Å². The van der Waals surface area contributed by atoms with Crippen molar-refractivity contribution in [2.75, 3.05) is 13.2 Å². The highest BCUT2D eigenvalue weighted by Gasteiger charge is 2.15. The summed E-state index contributed by atoms with van der Waals surface area (Å²) >= 11 is 5.36. The molecule has 0 saturated heterocycles. The second kappa shape index (κ2) is 7.70. The minimum Gasteiger partial charge on any atom is -0.506 e. The number of nitro groups is 1. The Balaban J connectivity index is 0.000000437. The highest BCUT2D eigenvalue weighted by atomic mass is 35.5. The van der Waals surface area contributed by atoms with Gasteiger partial charge in [0.2, 0.25) is 0 Å². The Labute approximate surface area is 104 Å². The summed E-state index contributed by atoms with van der Waals surface area (Å²) in [4.78, 5) is 9.36. The van der Waals surface area contributed by atoms with Gasteiger partial charge in [0.05, 0.1) is 16.0 Å². The van der Waals surface area contributed by atoms with Gasteiger partial charge in [-0.05, 0) is 13.8 Å². The zero-order valence-electron chi connectivity index (χ0n) is 9.51. The summed E-state index contributed by atoms with van der Waals surface area (Å²) in [5.41, 5.74) is -0.572. The van der Waals surface area contributed by atoms with Gasteiger partial charge in [0, 0.05) is 19.3 Å². The number of phenols is 2. The molecular formula is C10H14ClNO5. The molecule has 0 aliphatic carbocycles. The summed E-state index contributed by atoms with van der Waals surface area (Å²) in [6.45, 7) is 5.67. The number of aromatic hydroxyl groups is 2. The average Bonchev–Trinajstić information content (AvgIpc) is 2.25. The number of benzene rings is 1. The molecule has 0 heterocycles. The lowest BCUT2D eigenvalue weighted by Crippen LogP contribution is -1.88. The summed E-state index contributed by atoms with van der Waals surface area (Å²) in [7, 11) is 0. The Kier molecular flexibility index (Phi) is 7.00. The molecule has 1 rings (SSSR count). The number of rotatable bonds is 3. The van der Waals surface area contributed by atoms with E-state index in [0.717, 1.165) is 25.3 Å². The smallest absolute Gasteiger partial charge is 0.314 e. The predicted octanol–water partition coefficient (Wildman–Crippen LogP) is 2.70. The van der Waals surface area contributed by atoms with Crippen molar-refractivity contribution in [2.45, 2.75) is 13.8 Å². The zero-order chi connectivity index (χ0) is 13.4. The first kappa shape index (κ1) is 15.5. The normalized spacial score (nSPS) is 9.35. The predicted molar refractivity (Wildman–Crippen MR) is 63.6 cm³/mol. The second-order valence-corrected chi connectivity index (χ2v) is 3.24. The van der Waals surface area contributed by atoms with Crippen LogP contribution < -0.4 is 0 Å². The maximum absolute atomic E-state index is 10.2. The first-order valence-electron chi connectivity index (χ1n) is 4.87. The molecule has 0 radical (unpaired) electrons. The lowest BCUT2D eigenvalue weighted by Gasteiger charge is -1.98. The molecule has 0 bridgehead atoms. The molecule has 7 heteroatoms. The third kappa shape index (κ3) is 5.37. The van der Waals surface area contributed by atoms with Crippen molar-refractivity contribution in [3.8, 4) is 11.5 Å². The summed E-state index contributed by atoms with van der Waals surface area (Å²) in [6, 6.07) is 1.70. The van der Waals surface area contributed by atoms with Crippen LogP contribution in [0.1, 0.15) is 13.8 Å². The molecule has 0 fully saturated rings. The van der Waals surface area contributed by atoms with E-state index >= 15 is 0 Å². The van der Waals surface area contributed by atoms with Gasteiger partial charge in [-0.3, -0.25) is 10.1 Å². The van der Waals surface area contributed by atoms with Crippen LogP contribution in [-0.4, -0.2) is 28.4 Å². The molecule has 2 N–H and O–H groups in total. The van der Waals surface area contributed by atoms with Gasteiger partial charge in [-0.25, -0.2) is 0 Å². The zero-order valence-corrected chi connectivity index (χ0v) is 10.3. The molecule has 0 aliphatic heterocycles. The molecule has 0 saturated carbocycles. The van der Waals surface area contributed by atoms with Gasteiger partial charge in [0.25, 0.3) is 0 Å². The number of nitro benzene ring substituents is 1. The van der Waals surface area contributed by atoms with Gasteiger partial charge in [-0.15, -0.1) is 0 Å². The minimum absolute atomic E-state index is 0.127. The van der Waals surface area contributed by atoms with E-state index < -0.39 is 22.1 Å². The van der Waals surface area contributed by atoms with E-state index in [4.69, 9.17) is 26.6 Å². The fourth-order valence-corrected chi connectivity index (χ4v) is 1.05. The van der Waals surface area contributed by atoms with Crippen LogP contribution in [0.4, 0.5) is 5.69 Å². The fourth-order valence-electron chi connectivity index (χ4n) is 0.891. The van der Waals surface area contributed by atoms with Crippen molar-refractivity contribution in [3.05, 3.63) is 27.3 Å². The van der Waals surface area contributed by atoms with E-state index in [1.54, 1.807) is 0 Å². The summed E-state index contributed by atoms with van der Waals surface area (Å²) < 4.78 is 4.83. The number of halogens is 1. The maximum Gasteiger partial charge on any atom is 0.314 e. The van der Waals surface area contributed by atoms with Crippen LogP contribution in [0.15, 0.2) is 12.1 Å². The lowest BCUT2D eigenvalue weighted by atomic mass is 10.3. The first-order valence-corrected chi connectivity index (χ1v) is 5.25. The van der Waals surface area contributed by atoms with E-state index in [-0.39, 0.29) is 5.02 Å². The van der Waals surface area contributed by atoms with Gasteiger partial charge in [-0.2, -0.15) is 0 Å². The Bertz CT molecular complexity index is 381. The molecule has 1 aromatic rings. The van der Waals surface area contributed by atoms with Crippen LogP contribution in [0.3, 0.4) is 0 Å². The van der Waals surface area contributed by atoms with Gasteiger partial charge < -0.3 is 14.9 Å². The van der Waals surface area contributed by atoms with E-state index in [9.17, 15) is 10.1 Å². The quantitative estimate of drug-likeness (QED) is 0.497. The van der Waals surface area contributed by atoms with Crippen LogP contribution >= 0.6 is 11.6 Å². The van der Waals surface area contributed by atoms with Crippen molar-refractivity contribution >= 4 is 17.3 Å². The lowest BCUT2D eigenvalue weighted by molar-refractivity contribution is -0.385. The number of hydrogen-bond acceptors (Lipinski definition) is 5. The molecule has 0 spiro atoms. The molecular weight excluding hydrogens is 250 g/mol. The van der Waals surface area contributed by atoms with E-state index in [0.29, 0.717) is 0 Å². The van der Waals surface area contributed by atoms with E-state index in [1.165, 1.54) is 0 Å². The molecule has 0 aliphatic rings. The van der Waals surface area contributed by atoms with E-state index in [2.05, 4.69) is 0 Å². The highest BCUT2D eigenvalue weighted by molar-refractivity contribution is 6.32. The monoisotopic (exact) mass is 263 g/mol. The molecule has 0 aromatic heterocycles. The Hall–Kier alpha value is -1.53. The number of phenolic OH excluding ortho intramolecular Hbond substituents is 2. The molecule has 0 amide bonds. The van der Waals surface area contributed by atoms with Gasteiger partial charge >= 0.3 is 5.69 Å². The Morgan fingerprint density at radius 2 is 1.82 bits per heavy atom. The second-order valence-electron chi connectivity index (χ2n) is 2.83. The summed E-state index contributed by atoms with van der Waals surface area (Å²) in [6.07, 6.45) is 0. The molecule has 0 unspecified atom stereocenters. The Morgan fingerprint density at radius 3 is 2.18 bits per heavy atom. The standard InChI is InChI=1S/C6H4ClNO4.C4H10O/c7-3-1-6(10)4(8(11)12)2-5(3)9;1-3-5-4-2/h1-2,9-10H;3-4H2,1-2H3. The van der Waals surface area contributed by atoms with Crippen molar-refractivity contribution in [3.63, 3.8) is 0 Å². The van der Waals surface area contributed by atoms with Gasteiger partial charge in [0.15, 0.2) is 5.75 Å². The number of hydrogen-bond donors (Lipinski definition) is 2. The largest absolute Gasteiger partial charge is 0.506 e. The molecule has 17 heavy (non-hydrogen) atoms. The van der Waals surface area contributed by atoms with Crippen LogP contribution in [0.5, 0.6) is 11.5 Å². The van der Waals surface area contributed by atoms with Crippen molar-refractivity contribution < 1.29 is 19.9 Å². The van der Waals surface area contributed by atoms with Crippen molar-refractivity contribution in [1.82, 2.24) is 0 Å². The number of nitrogens with zero attached hydrogens (tertiary/aromatic N) is 1. The van der Waals surface area contributed by atoms with Crippen molar-refractivity contribution in [2.24, 2.45) is 0 Å². The van der Waals surface area contributed by atoms with Crippen LogP contribution in [0.25, 0.3) is 0 Å². The third-order valence-electron chi connectivity index (χ3n) is 1.65. The average molecular weight is 264 g/mol. The molecule has 0 atom stereocenters. The van der Waals surface area contributed by atoms with Gasteiger partial charge in [-0.1, -0.05) is 11.6 Å². The SMILES string of the molecule is CCOCC.O=[N+]([O-])c1cc(O)c(Cl)cc1O. The van der Waals surface area contributed by atoms with Crippen LogP contribution in [0.2, 0.25) is 5.02 Å². The first-order chi connectivity index (χ1) is 7.93. The Morgan fingerprint density at radius 1 is 1.29 bits per heavy atom. The highest BCUT2D eigenvalue weighted by Crippen LogP contribution is 2.35. The van der Waals surface area contributed by atoms with Crippen molar-refractivity contribution in [1.29, 1.82) is 0 Å². The van der Waals surface area contributed by atoms with E-state index in [1.807, 2.05) is 13.8 Å².